The lowest BCUT2D eigenvalue weighted by Crippen LogP contribution is -2.32. The Morgan fingerprint density at radius 2 is 2.30 bits per heavy atom. The first-order valence-electron chi connectivity index (χ1n) is 7.47. The fourth-order valence-corrected chi connectivity index (χ4v) is 3.35. The van der Waals surface area contributed by atoms with Crippen molar-refractivity contribution in [3.8, 4) is 0 Å². The van der Waals surface area contributed by atoms with Crippen molar-refractivity contribution in [1.29, 1.82) is 0 Å². The number of nitrogens with one attached hydrogen (secondary N) is 1. The molecule has 0 saturated carbocycles. The molecule has 2 unspecified atom stereocenters. The Morgan fingerprint density at radius 3 is 2.95 bits per heavy atom. The summed E-state index contributed by atoms with van der Waals surface area (Å²) in [6.45, 7) is 3.96. The maximum absolute atomic E-state index is 13.4. The van der Waals surface area contributed by atoms with Crippen LogP contribution in [0.1, 0.15) is 38.2 Å². The van der Waals surface area contributed by atoms with Crippen LogP contribution in [-0.4, -0.2) is 25.3 Å². The summed E-state index contributed by atoms with van der Waals surface area (Å²) in [5, 5.41) is 3.50. The summed E-state index contributed by atoms with van der Waals surface area (Å²) in [6, 6.07) is 5.51. The molecule has 20 heavy (non-hydrogen) atoms. The van der Waals surface area contributed by atoms with Crippen LogP contribution in [0.25, 0.3) is 0 Å². The summed E-state index contributed by atoms with van der Waals surface area (Å²) in [6.07, 6.45) is 5.82. The lowest BCUT2D eigenvalue weighted by atomic mass is 9.99. The molecule has 2 nitrogen and oxygen atoms in total. The molecule has 4 heteroatoms. The molecule has 1 saturated heterocycles. The minimum Gasteiger partial charge on any atom is -0.378 e. The van der Waals surface area contributed by atoms with Gasteiger partial charge in [-0.1, -0.05) is 22.9 Å². The van der Waals surface area contributed by atoms with E-state index in [0.717, 1.165) is 42.5 Å². The average molecular weight is 344 g/mol. The van der Waals surface area contributed by atoms with Crippen molar-refractivity contribution in [2.24, 2.45) is 0 Å². The van der Waals surface area contributed by atoms with E-state index in [-0.39, 0.29) is 5.82 Å². The van der Waals surface area contributed by atoms with Crippen LogP contribution >= 0.6 is 15.9 Å². The highest BCUT2D eigenvalue weighted by Gasteiger charge is 2.18. The van der Waals surface area contributed by atoms with Crippen LogP contribution in [-0.2, 0) is 11.2 Å². The second-order valence-electron chi connectivity index (χ2n) is 5.45. The first kappa shape index (κ1) is 15.9. The number of hydrogen-bond donors (Lipinski definition) is 1. The van der Waals surface area contributed by atoms with Crippen LogP contribution in [0.5, 0.6) is 0 Å². The van der Waals surface area contributed by atoms with Crippen molar-refractivity contribution in [2.45, 2.75) is 51.2 Å². The van der Waals surface area contributed by atoms with Crippen LogP contribution in [0.4, 0.5) is 4.39 Å². The third kappa shape index (κ3) is 5.15. The van der Waals surface area contributed by atoms with E-state index in [1.807, 2.05) is 6.07 Å². The smallest absolute Gasteiger partial charge is 0.124 e. The van der Waals surface area contributed by atoms with E-state index in [0.29, 0.717) is 12.1 Å². The van der Waals surface area contributed by atoms with E-state index < -0.39 is 0 Å². The van der Waals surface area contributed by atoms with Gasteiger partial charge in [-0.2, -0.15) is 0 Å². The topological polar surface area (TPSA) is 21.3 Å². The Kier molecular flexibility index (Phi) is 6.46. The second-order valence-corrected chi connectivity index (χ2v) is 6.36. The van der Waals surface area contributed by atoms with Crippen LogP contribution in [0, 0.1) is 5.82 Å². The summed E-state index contributed by atoms with van der Waals surface area (Å²) in [5.41, 5.74) is 1.04. The standard InChI is InChI=1S/C16H23BrFNO/c1-2-19-15(5-6-16-4-3-7-20-16)10-12-8-13(17)11-14(18)9-12/h8-9,11,15-16,19H,2-7,10H2,1H3. The Balaban J connectivity index is 1.89. The number of halogens is 2. The predicted octanol–water partition coefficient (Wildman–Crippen LogP) is 4.07. The van der Waals surface area contributed by atoms with Crippen molar-refractivity contribution in [1.82, 2.24) is 5.32 Å². The van der Waals surface area contributed by atoms with Gasteiger partial charge in [0, 0.05) is 17.1 Å². The van der Waals surface area contributed by atoms with Gasteiger partial charge in [0.15, 0.2) is 0 Å². The Hall–Kier alpha value is -0.450. The minimum absolute atomic E-state index is 0.177. The lowest BCUT2D eigenvalue weighted by molar-refractivity contribution is 0.0996. The first-order valence-corrected chi connectivity index (χ1v) is 8.26. The Morgan fingerprint density at radius 1 is 1.45 bits per heavy atom. The highest BCUT2D eigenvalue weighted by molar-refractivity contribution is 9.10. The molecular formula is C16H23BrFNO. The maximum Gasteiger partial charge on any atom is 0.124 e. The van der Waals surface area contributed by atoms with Gasteiger partial charge >= 0.3 is 0 Å². The zero-order valence-corrected chi connectivity index (χ0v) is 13.6. The van der Waals surface area contributed by atoms with Crippen molar-refractivity contribution in [3.05, 3.63) is 34.1 Å². The molecule has 112 valence electrons. The average Bonchev–Trinajstić information content (AvgIpc) is 2.88. The molecule has 1 aromatic rings. The van der Waals surface area contributed by atoms with Gasteiger partial charge in [0.1, 0.15) is 5.82 Å². The number of likely N-dealkylation sites (N-methyl/N-ethyl adjacent to an activating group) is 1. The number of benzene rings is 1. The summed E-state index contributed by atoms with van der Waals surface area (Å²) in [4.78, 5) is 0. The van der Waals surface area contributed by atoms with Gasteiger partial charge in [-0.25, -0.2) is 4.39 Å². The normalized spacial score (nSPS) is 20.2. The maximum atomic E-state index is 13.4. The summed E-state index contributed by atoms with van der Waals surface area (Å²) < 4.78 is 19.9. The summed E-state index contributed by atoms with van der Waals surface area (Å²) in [7, 11) is 0. The summed E-state index contributed by atoms with van der Waals surface area (Å²) in [5.74, 6) is -0.177. The molecule has 0 radical (unpaired) electrons. The van der Waals surface area contributed by atoms with Crippen molar-refractivity contribution in [3.63, 3.8) is 0 Å². The van der Waals surface area contributed by atoms with Gasteiger partial charge < -0.3 is 10.1 Å². The zero-order valence-electron chi connectivity index (χ0n) is 12.0. The number of hydrogen-bond acceptors (Lipinski definition) is 2. The van der Waals surface area contributed by atoms with Crippen molar-refractivity contribution in [2.75, 3.05) is 13.2 Å². The Labute approximate surface area is 129 Å². The molecule has 1 heterocycles. The molecule has 1 N–H and O–H groups in total. The molecular weight excluding hydrogens is 321 g/mol. The van der Waals surface area contributed by atoms with E-state index in [1.165, 1.54) is 18.9 Å². The molecule has 0 spiro atoms. The monoisotopic (exact) mass is 343 g/mol. The van der Waals surface area contributed by atoms with Crippen LogP contribution in [0.15, 0.2) is 22.7 Å². The molecule has 0 aliphatic carbocycles. The molecule has 0 bridgehead atoms. The SMILES string of the molecule is CCNC(CCC1CCCO1)Cc1cc(F)cc(Br)c1. The number of ether oxygens (including phenoxy) is 1. The second kappa shape index (κ2) is 8.11. The minimum atomic E-state index is -0.177. The summed E-state index contributed by atoms with van der Waals surface area (Å²) >= 11 is 3.35. The van der Waals surface area contributed by atoms with Crippen molar-refractivity contribution >= 4 is 15.9 Å². The third-order valence-electron chi connectivity index (χ3n) is 3.76. The Bertz CT molecular complexity index is 401. The van der Waals surface area contributed by atoms with Gasteiger partial charge in [0.2, 0.25) is 0 Å². The fraction of sp³-hybridized carbons (Fsp3) is 0.625. The largest absolute Gasteiger partial charge is 0.378 e. The molecule has 2 rings (SSSR count). The van der Waals surface area contributed by atoms with Crippen LogP contribution in [0.2, 0.25) is 0 Å². The van der Waals surface area contributed by atoms with Gasteiger partial charge in [-0.05, 0) is 62.4 Å². The highest BCUT2D eigenvalue weighted by atomic mass is 79.9. The van der Waals surface area contributed by atoms with Gasteiger partial charge in [-0.15, -0.1) is 0 Å². The highest BCUT2D eigenvalue weighted by Crippen LogP contribution is 2.20. The van der Waals surface area contributed by atoms with Gasteiger partial charge in [0.25, 0.3) is 0 Å². The zero-order chi connectivity index (χ0) is 14.4. The number of rotatable bonds is 7. The molecule has 1 aliphatic rings. The van der Waals surface area contributed by atoms with Gasteiger partial charge in [0.05, 0.1) is 6.10 Å². The molecule has 2 atom stereocenters. The molecule has 1 fully saturated rings. The molecule has 1 aromatic carbocycles. The van der Waals surface area contributed by atoms with E-state index in [9.17, 15) is 4.39 Å². The van der Waals surface area contributed by atoms with E-state index in [1.54, 1.807) is 6.07 Å². The lowest BCUT2D eigenvalue weighted by Gasteiger charge is -2.20. The van der Waals surface area contributed by atoms with E-state index >= 15 is 0 Å². The quantitative estimate of drug-likeness (QED) is 0.805. The van der Waals surface area contributed by atoms with Crippen LogP contribution < -0.4 is 5.32 Å². The van der Waals surface area contributed by atoms with Gasteiger partial charge in [-0.3, -0.25) is 0 Å². The van der Waals surface area contributed by atoms with E-state index in [4.69, 9.17) is 4.74 Å². The van der Waals surface area contributed by atoms with E-state index in [2.05, 4.69) is 28.2 Å². The molecule has 0 aromatic heterocycles. The first-order chi connectivity index (χ1) is 9.67. The third-order valence-corrected chi connectivity index (χ3v) is 4.22. The van der Waals surface area contributed by atoms with Crippen LogP contribution in [0.3, 0.4) is 0 Å². The molecule has 0 amide bonds. The fourth-order valence-electron chi connectivity index (χ4n) is 2.84. The predicted molar refractivity (Wildman–Crippen MR) is 83.5 cm³/mol. The molecule has 1 aliphatic heterocycles. The van der Waals surface area contributed by atoms with Crippen molar-refractivity contribution < 1.29 is 9.13 Å².